The van der Waals surface area contributed by atoms with Gasteiger partial charge in [0.25, 0.3) is 0 Å². The predicted octanol–water partition coefficient (Wildman–Crippen LogP) is 3.32. The summed E-state index contributed by atoms with van der Waals surface area (Å²) in [6.07, 6.45) is 0.287. The molecular formula is C16H17ClN2O2S. The minimum atomic E-state index is -0.298. The van der Waals surface area contributed by atoms with E-state index in [0.29, 0.717) is 10.7 Å². The average molecular weight is 337 g/mol. The molecule has 0 spiro atoms. The molecule has 2 amide bonds. The molecule has 0 saturated carbocycles. The van der Waals surface area contributed by atoms with Gasteiger partial charge < -0.3 is 10.6 Å². The van der Waals surface area contributed by atoms with Gasteiger partial charge in [-0.25, -0.2) is 0 Å². The Hall–Kier alpha value is -1.85. The van der Waals surface area contributed by atoms with E-state index >= 15 is 0 Å². The minimum absolute atomic E-state index is 0.0755. The Kier molecular flexibility index (Phi) is 5.57. The smallest absolute Gasteiger partial charge is 0.243 e. The standard InChI is InChI=1S/C16H17ClN2O2S/c1-10-6-11(2)16(13(17)7-10)19-15(21)9-18-14(20)8-12-4-3-5-22-12/h3-7H,8-9H2,1-2H3,(H,18,20)(H,19,21). The number of halogens is 1. The second kappa shape index (κ2) is 7.42. The van der Waals surface area contributed by atoms with Crippen molar-refractivity contribution in [2.24, 2.45) is 0 Å². The Morgan fingerprint density at radius 3 is 2.64 bits per heavy atom. The monoisotopic (exact) mass is 336 g/mol. The maximum absolute atomic E-state index is 11.9. The largest absolute Gasteiger partial charge is 0.347 e. The first kappa shape index (κ1) is 16.5. The first-order chi connectivity index (χ1) is 10.5. The molecule has 1 aromatic heterocycles. The number of thiophene rings is 1. The number of carbonyl (C=O) groups excluding carboxylic acids is 2. The highest BCUT2D eigenvalue weighted by Gasteiger charge is 2.11. The summed E-state index contributed by atoms with van der Waals surface area (Å²) >= 11 is 7.65. The lowest BCUT2D eigenvalue weighted by molar-refractivity contribution is -0.123. The number of aryl methyl sites for hydroxylation is 2. The van der Waals surface area contributed by atoms with Gasteiger partial charge >= 0.3 is 0 Å². The van der Waals surface area contributed by atoms with Crippen LogP contribution in [0.2, 0.25) is 5.02 Å². The molecule has 0 atom stereocenters. The summed E-state index contributed by atoms with van der Waals surface area (Å²) in [6.45, 7) is 3.74. The highest BCUT2D eigenvalue weighted by molar-refractivity contribution is 7.10. The van der Waals surface area contributed by atoms with Gasteiger partial charge in [-0.3, -0.25) is 9.59 Å². The summed E-state index contributed by atoms with van der Waals surface area (Å²) in [7, 11) is 0. The van der Waals surface area contributed by atoms with Crippen LogP contribution in [0.3, 0.4) is 0 Å². The van der Waals surface area contributed by atoms with Crippen molar-refractivity contribution in [2.75, 3.05) is 11.9 Å². The number of hydrogen-bond donors (Lipinski definition) is 2. The highest BCUT2D eigenvalue weighted by Crippen LogP contribution is 2.27. The Balaban J connectivity index is 1.87. The lowest BCUT2D eigenvalue weighted by atomic mass is 10.1. The van der Waals surface area contributed by atoms with E-state index in [-0.39, 0.29) is 24.8 Å². The van der Waals surface area contributed by atoms with E-state index in [1.165, 1.54) is 11.3 Å². The number of carbonyl (C=O) groups is 2. The zero-order valence-corrected chi connectivity index (χ0v) is 14.0. The average Bonchev–Trinajstić information content (AvgIpc) is 2.93. The molecule has 22 heavy (non-hydrogen) atoms. The summed E-state index contributed by atoms with van der Waals surface area (Å²) in [6, 6.07) is 7.51. The lowest BCUT2D eigenvalue weighted by Crippen LogP contribution is -2.33. The van der Waals surface area contributed by atoms with Gasteiger partial charge in [-0.1, -0.05) is 23.7 Å². The third-order valence-electron chi connectivity index (χ3n) is 3.06. The van der Waals surface area contributed by atoms with Crippen LogP contribution in [0.4, 0.5) is 5.69 Å². The minimum Gasteiger partial charge on any atom is -0.347 e. The van der Waals surface area contributed by atoms with Crippen molar-refractivity contribution in [3.05, 3.63) is 50.7 Å². The summed E-state index contributed by atoms with van der Waals surface area (Å²) < 4.78 is 0. The Labute approximate surface area is 138 Å². The van der Waals surface area contributed by atoms with Crippen molar-refractivity contribution in [2.45, 2.75) is 20.3 Å². The maximum atomic E-state index is 11.9. The van der Waals surface area contributed by atoms with Gasteiger partial charge in [0, 0.05) is 4.88 Å². The van der Waals surface area contributed by atoms with Crippen LogP contribution in [0.5, 0.6) is 0 Å². The van der Waals surface area contributed by atoms with E-state index in [9.17, 15) is 9.59 Å². The fourth-order valence-electron chi connectivity index (χ4n) is 2.07. The predicted molar refractivity (Wildman–Crippen MR) is 90.6 cm³/mol. The quantitative estimate of drug-likeness (QED) is 0.880. The number of hydrogen-bond acceptors (Lipinski definition) is 3. The molecular weight excluding hydrogens is 320 g/mol. The van der Waals surface area contributed by atoms with E-state index in [4.69, 9.17) is 11.6 Å². The normalized spacial score (nSPS) is 10.3. The van der Waals surface area contributed by atoms with Crippen molar-refractivity contribution in [1.29, 1.82) is 0 Å². The molecule has 2 N–H and O–H groups in total. The van der Waals surface area contributed by atoms with Crippen molar-refractivity contribution in [3.63, 3.8) is 0 Å². The molecule has 0 aliphatic rings. The molecule has 0 radical (unpaired) electrons. The molecule has 0 bridgehead atoms. The summed E-state index contributed by atoms with van der Waals surface area (Å²) in [5.41, 5.74) is 2.51. The molecule has 2 rings (SSSR count). The number of rotatable bonds is 5. The molecule has 0 fully saturated rings. The highest BCUT2D eigenvalue weighted by atomic mass is 35.5. The lowest BCUT2D eigenvalue weighted by Gasteiger charge is -2.12. The van der Waals surface area contributed by atoms with E-state index in [2.05, 4.69) is 10.6 Å². The van der Waals surface area contributed by atoms with Crippen LogP contribution in [-0.4, -0.2) is 18.4 Å². The van der Waals surface area contributed by atoms with E-state index < -0.39 is 0 Å². The van der Waals surface area contributed by atoms with Gasteiger partial charge in [0.05, 0.1) is 23.7 Å². The first-order valence-corrected chi connectivity index (χ1v) is 8.07. The molecule has 6 heteroatoms. The van der Waals surface area contributed by atoms with Gasteiger partial charge in [-0.15, -0.1) is 11.3 Å². The zero-order valence-electron chi connectivity index (χ0n) is 12.4. The van der Waals surface area contributed by atoms with Gasteiger partial charge in [-0.2, -0.15) is 0 Å². The van der Waals surface area contributed by atoms with Crippen LogP contribution < -0.4 is 10.6 Å². The van der Waals surface area contributed by atoms with E-state index in [0.717, 1.165) is 16.0 Å². The molecule has 0 aliphatic heterocycles. The summed E-state index contributed by atoms with van der Waals surface area (Å²) in [5.74, 6) is -0.474. The molecule has 2 aromatic rings. The second-order valence-electron chi connectivity index (χ2n) is 5.02. The topological polar surface area (TPSA) is 58.2 Å². The Morgan fingerprint density at radius 2 is 2.00 bits per heavy atom. The van der Waals surface area contributed by atoms with Gasteiger partial charge in [0.2, 0.25) is 11.8 Å². The van der Waals surface area contributed by atoms with Crippen LogP contribution in [0.1, 0.15) is 16.0 Å². The second-order valence-corrected chi connectivity index (χ2v) is 6.46. The molecule has 1 heterocycles. The summed E-state index contributed by atoms with van der Waals surface area (Å²) in [5, 5.41) is 7.75. The third-order valence-corrected chi connectivity index (χ3v) is 4.23. The van der Waals surface area contributed by atoms with Crippen molar-refractivity contribution < 1.29 is 9.59 Å². The van der Waals surface area contributed by atoms with Crippen LogP contribution >= 0.6 is 22.9 Å². The number of amides is 2. The van der Waals surface area contributed by atoms with Crippen LogP contribution in [0.25, 0.3) is 0 Å². The van der Waals surface area contributed by atoms with Crippen molar-refractivity contribution in [1.82, 2.24) is 5.32 Å². The van der Waals surface area contributed by atoms with E-state index in [1.807, 2.05) is 37.4 Å². The number of anilines is 1. The van der Waals surface area contributed by atoms with Crippen LogP contribution in [-0.2, 0) is 16.0 Å². The Morgan fingerprint density at radius 1 is 1.23 bits per heavy atom. The molecule has 0 saturated heterocycles. The molecule has 4 nitrogen and oxygen atoms in total. The SMILES string of the molecule is Cc1cc(C)c(NC(=O)CNC(=O)Cc2cccs2)c(Cl)c1. The zero-order chi connectivity index (χ0) is 16.1. The number of benzene rings is 1. The van der Waals surface area contributed by atoms with Crippen LogP contribution in [0, 0.1) is 13.8 Å². The fraction of sp³-hybridized carbons (Fsp3) is 0.250. The molecule has 1 aromatic carbocycles. The fourth-order valence-corrected chi connectivity index (χ4v) is 3.14. The van der Waals surface area contributed by atoms with E-state index in [1.54, 1.807) is 6.07 Å². The van der Waals surface area contributed by atoms with Crippen molar-refractivity contribution >= 4 is 40.4 Å². The molecule has 0 aliphatic carbocycles. The number of nitrogens with one attached hydrogen (secondary N) is 2. The first-order valence-electron chi connectivity index (χ1n) is 6.81. The Bertz CT molecular complexity index is 660. The van der Waals surface area contributed by atoms with Crippen LogP contribution in [0.15, 0.2) is 29.6 Å². The van der Waals surface area contributed by atoms with Gasteiger partial charge in [0.15, 0.2) is 0 Å². The summed E-state index contributed by atoms with van der Waals surface area (Å²) in [4.78, 5) is 24.6. The maximum Gasteiger partial charge on any atom is 0.243 e. The molecule has 0 unspecified atom stereocenters. The third kappa shape index (κ3) is 4.58. The van der Waals surface area contributed by atoms with Gasteiger partial charge in [0.1, 0.15) is 0 Å². The van der Waals surface area contributed by atoms with Gasteiger partial charge in [-0.05, 0) is 42.5 Å². The molecule has 116 valence electrons. The van der Waals surface area contributed by atoms with Crippen molar-refractivity contribution in [3.8, 4) is 0 Å².